The summed E-state index contributed by atoms with van der Waals surface area (Å²) < 4.78 is 4.74. The average molecular weight is 667 g/mol. The molecule has 10 rings (SSSR count). The molecule has 0 aliphatic carbocycles. The highest BCUT2D eigenvalue weighted by molar-refractivity contribution is 6.13. The van der Waals surface area contributed by atoms with Gasteiger partial charge in [0.2, 0.25) is 0 Å². The highest BCUT2D eigenvalue weighted by Gasteiger charge is 2.20. The normalized spacial score (nSPS) is 11.5. The highest BCUT2D eigenvalue weighted by atomic mass is 15.1. The van der Waals surface area contributed by atoms with Crippen LogP contribution in [0.25, 0.3) is 55.0 Å². The summed E-state index contributed by atoms with van der Waals surface area (Å²) in [6.45, 7) is 0. The number of anilines is 5. The Bertz CT molecular complexity index is 2860. The molecule has 2 heterocycles. The van der Waals surface area contributed by atoms with E-state index in [1.54, 1.807) is 0 Å². The van der Waals surface area contributed by atoms with E-state index in [0.717, 1.165) is 45.3 Å². The van der Waals surface area contributed by atoms with E-state index in [0.29, 0.717) is 0 Å². The maximum atomic E-state index is 3.62. The predicted octanol–water partition coefficient (Wildman–Crippen LogP) is 13.1. The number of benzene rings is 8. The molecule has 52 heavy (non-hydrogen) atoms. The number of aromatic nitrogens is 2. The third-order valence-corrected chi connectivity index (χ3v) is 10.0. The van der Waals surface area contributed by atoms with Crippen molar-refractivity contribution in [2.75, 3.05) is 10.2 Å². The van der Waals surface area contributed by atoms with Crippen LogP contribution in [0.5, 0.6) is 0 Å². The molecule has 0 aliphatic heterocycles. The van der Waals surface area contributed by atoms with E-state index in [9.17, 15) is 0 Å². The molecule has 0 saturated carbocycles. The molecule has 1 N–H and O–H groups in total. The zero-order valence-corrected chi connectivity index (χ0v) is 28.4. The number of hydrogen-bond acceptors (Lipinski definition) is 2. The molecule has 4 nitrogen and oxygen atoms in total. The zero-order valence-electron chi connectivity index (χ0n) is 28.4. The number of rotatable bonds is 7. The van der Waals surface area contributed by atoms with E-state index >= 15 is 0 Å². The van der Waals surface area contributed by atoms with Gasteiger partial charge in [0.25, 0.3) is 0 Å². The molecule has 2 aromatic heterocycles. The maximum absolute atomic E-state index is 3.62. The Morgan fingerprint density at radius 1 is 0.308 bits per heavy atom. The minimum atomic E-state index is 1.05. The standard InChI is InChI=1S/C48H34N4/c1-5-15-34(16-6-1)49-35-25-28-46-42(31-35)44-33-40(27-30-48(44)52(46)38-21-11-4-12-22-38)50(36-17-7-2-8-18-36)39-26-29-47-43(32-39)41-23-13-14-24-45(41)51(47)37-19-9-3-10-20-37/h1-33,49H. The summed E-state index contributed by atoms with van der Waals surface area (Å²) in [5.74, 6) is 0. The summed E-state index contributed by atoms with van der Waals surface area (Å²) in [6, 6.07) is 71.5. The lowest BCUT2D eigenvalue weighted by molar-refractivity contribution is 1.18. The third kappa shape index (κ3) is 5.00. The van der Waals surface area contributed by atoms with Crippen molar-refractivity contribution in [1.82, 2.24) is 9.13 Å². The van der Waals surface area contributed by atoms with Gasteiger partial charge in [-0.25, -0.2) is 0 Å². The Hall–Kier alpha value is -7.04. The van der Waals surface area contributed by atoms with Crippen molar-refractivity contribution < 1.29 is 0 Å². The fourth-order valence-corrected chi connectivity index (χ4v) is 7.75. The van der Waals surface area contributed by atoms with Gasteiger partial charge in [-0.05, 0) is 109 Å². The van der Waals surface area contributed by atoms with Crippen LogP contribution in [0.4, 0.5) is 28.4 Å². The van der Waals surface area contributed by atoms with E-state index in [-0.39, 0.29) is 0 Å². The largest absolute Gasteiger partial charge is 0.356 e. The van der Waals surface area contributed by atoms with Crippen LogP contribution >= 0.6 is 0 Å². The van der Waals surface area contributed by atoms with Gasteiger partial charge in [0.1, 0.15) is 0 Å². The van der Waals surface area contributed by atoms with Gasteiger partial charge < -0.3 is 19.4 Å². The van der Waals surface area contributed by atoms with Crippen LogP contribution in [0, 0.1) is 0 Å². The molecule has 10 aromatic rings. The molecule has 0 radical (unpaired) electrons. The average Bonchev–Trinajstić information content (AvgIpc) is 3.71. The van der Waals surface area contributed by atoms with Crippen molar-refractivity contribution in [2.24, 2.45) is 0 Å². The Balaban J connectivity index is 1.19. The van der Waals surface area contributed by atoms with Gasteiger partial charge in [-0.15, -0.1) is 0 Å². The third-order valence-electron chi connectivity index (χ3n) is 10.0. The van der Waals surface area contributed by atoms with Gasteiger partial charge in [-0.1, -0.05) is 91.0 Å². The van der Waals surface area contributed by atoms with Crippen LogP contribution in [-0.4, -0.2) is 9.13 Å². The van der Waals surface area contributed by atoms with Gasteiger partial charge in [-0.2, -0.15) is 0 Å². The monoisotopic (exact) mass is 666 g/mol. The van der Waals surface area contributed by atoms with Crippen LogP contribution in [-0.2, 0) is 0 Å². The van der Waals surface area contributed by atoms with Crippen LogP contribution < -0.4 is 10.2 Å². The first-order valence-electron chi connectivity index (χ1n) is 17.7. The lowest BCUT2D eigenvalue weighted by Crippen LogP contribution is -2.09. The number of hydrogen-bond donors (Lipinski definition) is 1. The van der Waals surface area contributed by atoms with Gasteiger partial charge in [0.15, 0.2) is 0 Å². The summed E-state index contributed by atoms with van der Waals surface area (Å²) in [5.41, 5.74) is 12.4. The molecule has 0 amide bonds. The van der Waals surface area contributed by atoms with Crippen molar-refractivity contribution in [3.8, 4) is 11.4 Å². The lowest BCUT2D eigenvalue weighted by atomic mass is 10.1. The Labute approximate surface area is 302 Å². The SMILES string of the molecule is c1ccc(Nc2ccc3c(c2)c2cc(N(c4ccccc4)c4ccc5c(c4)c4ccccc4n5-c4ccccc4)ccc2n3-c2ccccc2)cc1. The van der Waals surface area contributed by atoms with Gasteiger partial charge >= 0.3 is 0 Å². The number of fused-ring (bicyclic) bond motifs is 6. The van der Waals surface area contributed by atoms with Gasteiger partial charge in [-0.3, -0.25) is 0 Å². The van der Waals surface area contributed by atoms with Crippen LogP contribution in [0.15, 0.2) is 200 Å². The maximum Gasteiger partial charge on any atom is 0.0542 e. The molecule has 0 aliphatic rings. The second-order valence-electron chi connectivity index (χ2n) is 13.2. The molecule has 0 spiro atoms. The highest BCUT2D eigenvalue weighted by Crippen LogP contribution is 2.42. The topological polar surface area (TPSA) is 25.1 Å². The first-order chi connectivity index (χ1) is 25.8. The Morgan fingerprint density at radius 3 is 1.35 bits per heavy atom. The number of nitrogens with one attached hydrogen (secondary N) is 1. The fraction of sp³-hybridized carbons (Fsp3) is 0. The second-order valence-corrected chi connectivity index (χ2v) is 13.2. The molecule has 0 atom stereocenters. The van der Waals surface area contributed by atoms with Gasteiger partial charge in [0.05, 0.1) is 22.1 Å². The smallest absolute Gasteiger partial charge is 0.0542 e. The molecule has 0 saturated heterocycles. The van der Waals surface area contributed by atoms with Crippen molar-refractivity contribution >= 4 is 72.0 Å². The van der Waals surface area contributed by atoms with Crippen molar-refractivity contribution in [1.29, 1.82) is 0 Å². The molecule has 0 bridgehead atoms. The van der Waals surface area contributed by atoms with Gasteiger partial charge in [0, 0.05) is 61.4 Å². The molecule has 0 fully saturated rings. The number of nitrogens with zero attached hydrogens (tertiary/aromatic N) is 3. The van der Waals surface area contributed by atoms with Crippen LogP contribution in [0.3, 0.4) is 0 Å². The summed E-state index contributed by atoms with van der Waals surface area (Å²) in [5, 5.41) is 8.46. The van der Waals surface area contributed by atoms with E-state index < -0.39 is 0 Å². The number of para-hydroxylation sites is 5. The van der Waals surface area contributed by atoms with Crippen LogP contribution in [0.2, 0.25) is 0 Å². The molecule has 0 unspecified atom stereocenters. The lowest BCUT2D eigenvalue weighted by Gasteiger charge is -2.26. The van der Waals surface area contributed by atoms with E-state index in [1.165, 1.54) is 38.1 Å². The first-order valence-corrected chi connectivity index (χ1v) is 17.7. The molecule has 4 heteroatoms. The molecule has 8 aromatic carbocycles. The summed E-state index contributed by atoms with van der Waals surface area (Å²) in [6.07, 6.45) is 0. The van der Waals surface area contributed by atoms with E-state index in [1.807, 2.05) is 6.07 Å². The summed E-state index contributed by atoms with van der Waals surface area (Å²) >= 11 is 0. The quantitative estimate of drug-likeness (QED) is 0.183. The summed E-state index contributed by atoms with van der Waals surface area (Å²) in [4.78, 5) is 2.38. The second kappa shape index (κ2) is 12.4. The van der Waals surface area contributed by atoms with Crippen molar-refractivity contribution in [3.05, 3.63) is 200 Å². The zero-order chi connectivity index (χ0) is 34.4. The van der Waals surface area contributed by atoms with E-state index in [2.05, 4.69) is 213 Å². The fourth-order valence-electron chi connectivity index (χ4n) is 7.75. The van der Waals surface area contributed by atoms with E-state index in [4.69, 9.17) is 0 Å². The molecule has 246 valence electrons. The van der Waals surface area contributed by atoms with Crippen molar-refractivity contribution in [3.63, 3.8) is 0 Å². The predicted molar refractivity (Wildman–Crippen MR) is 220 cm³/mol. The minimum Gasteiger partial charge on any atom is -0.356 e. The molecular formula is C48H34N4. The van der Waals surface area contributed by atoms with Crippen LogP contribution in [0.1, 0.15) is 0 Å². The Kier molecular flexibility index (Phi) is 7.10. The minimum absolute atomic E-state index is 1.05. The molecular weight excluding hydrogens is 633 g/mol. The Morgan fingerprint density at radius 2 is 0.750 bits per heavy atom. The summed E-state index contributed by atoms with van der Waals surface area (Å²) in [7, 11) is 0. The van der Waals surface area contributed by atoms with Crippen molar-refractivity contribution in [2.45, 2.75) is 0 Å². The first kappa shape index (κ1) is 29.8.